The van der Waals surface area contributed by atoms with Gasteiger partial charge in [-0.1, -0.05) is 42.5 Å². The zero-order chi connectivity index (χ0) is 18.8. The SMILES string of the molecule is COc1ccc(CN2C(=O)c3ccccc3C2c2ccc(OC)cc2)cc1. The van der Waals surface area contributed by atoms with Crippen LogP contribution in [0.2, 0.25) is 0 Å². The van der Waals surface area contributed by atoms with Gasteiger partial charge in [-0.2, -0.15) is 0 Å². The van der Waals surface area contributed by atoms with Crippen LogP contribution in [0.3, 0.4) is 0 Å². The van der Waals surface area contributed by atoms with Crippen LogP contribution in [0.1, 0.15) is 33.1 Å². The molecule has 1 heterocycles. The Kier molecular flexibility index (Phi) is 4.55. The summed E-state index contributed by atoms with van der Waals surface area (Å²) in [4.78, 5) is 15.0. The summed E-state index contributed by atoms with van der Waals surface area (Å²) in [6.07, 6.45) is 0. The molecule has 1 aliphatic heterocycles. The second-order valence-electron chi connectivity index (χ2n) is 6.54. The van der Waals surface area contributed by atoms with Gasteiger partial charge in [0.1, 0.15) is 11.5 Å². The van der Waals surface area contributed by atoms with Crippen molar-refractivity contribution in [2.45, 2.75) is 12.6 Å². The molecule has 0 radical (unpaired) electrons. The molecule has 0 saturated heterocycles. The van der Waals surface area contributed by atoms with Crippen LogP contribution in [0.25, 0.3) is 0 Å². The van der Waals surface area contributed by atoms with E-state index in [9.17, 15) is 4.79 Å². The number of hydrogen-bond acceptors (Lipinski definition) is 3. The van der Waals surface area contributed by atoms with Gasteiger partial charge in [-0.25, -0.2) is 0 Å². The molecule has 0 aliphatic carbocycles. The molecule has 3 aromatic carbocycles. The Morgan fingerprint density at radius 2 is 1.41 bits per heavy atom. The molecule has 3 aromatic rings. The van der Waals surface area contributed by atoms with E-state index >= 15 is 0 Å². The summed E-state index contributed by atoms with van der Waals surface area (Å²) < 4.78 is 10.5. The highest BCUT2D eigenvalue weighted by Crippen LogP contribution is 2.39. The lowest BCUT2D eigenvalue weighted by Crippen LogP contribution is -2.28. The number of amides is 1. The van der Waals surface area contributed by atoms with Crippen LogP contribution in [0.15, 0.2) is 72.8 Å². The number of nitrogens with zero attached hydrogens (tertiary/aromatic N) is 1. The van der Waals surface area contributed by atoms with Crippen LogP contribution >= 0.6 is 0 Å². The van der Waals surface area contributed by atoms with Gasteiger partial charge in [0.2, 0.25) is 0 Å². The molecule has 4 heteroatoms. The van der Waals surface area contributed by atoms with Crippen molar-refractivity contribution < 1.29 is 14.3 Å². The number of carbonyl (C=O) groups excluding carboxylic acids is 1. The first kappa shape index (κ1) is 17.2. The Morgan fingerprint density at radius 1 is 0.815 bits per heavy atom. The van der Waals surface area contributed by atoms with E-state index in [1.807, 2.05) is 77.7 Å². The van der Waals surface area contributed by atoms with Gasteiger partial charge < -0.3 is 14.4 Å². The number of rotatable bonds is 5. The maximum atomic E-state index is 13.1. The second-order valence-corrected chi connectivity index (χ2v) is 6.54. The molecular weight excluding hydrogens is 338 g/mol. The first-order valence-corrected chi connectivity index (χ1v) is 8.88. The first-order valence-electron chi connectivity index (χ1n) is 8.88. The van der Waals surface area contributed by atoms with E-state index in [-0.39, 0.29) is 11.9 Å². The van der Waals surface area contributed by atoms with Crippen LogP contribution in [-0.2, 0) is 6.54 Å². The second kappa shape index (κ2) is 7.16. The fraction of sp³-hybridized carbons (Fsp3) is 0.174. The topological polar surface area (TPSA) is 38.8 Å². The smallest absolute Gasteiger partial charge is 0.255 e. The standard InChI is InChI=1S/C23H21NO3/c1-26-18-11-7-16(8-12-18)15-24-22(17-9-13-19(27-2)14-10-17)20-5-3-4-6-21(20)23(24)25/h3-14,22H,15H2,1-2H3. The van der Waals surface area contributed by atoms with E-state index in [4.69, 9.17) is 9.47 Å². The van der Waals surface area contributed by atoms with Crippen molar-refractivity contribution in [3.63, 3.8) is 0 Å². The summed E-state index contributed by atoms with van der Waals surface area (Å²) >= 11 is 0. The zero-order valence-corrected chi connectivity index (χ0v) is 15.4. The quantitative estimate of drug-likeness (QED) is 0.676. The van der Waals surface area contributed by atoms with Crippen LogP contribution in [-0.4, -0.2) is 25.0 Å². The molecular formula is C23H21NO3. The number of methoxy groups -OCH3 is 2. The zero-order valence-electron chi connectivity index (χ0n) is 15.4. The minimum absolute atomic E-state index is 0.0576. The van der Waals surface area contributed by atoms with Crippen LogP contribution in [0, 0.1) is 0 Å². The maximum absolute atomic E-state index is 13.1. The van der Waals surface area contributed by atoms with E-state index in [1.54, 1.807) is 14.2 Å². The van der Waals surface area contributed by atoms with E-state index in [0.29, 0.717) is 6.54 Å². The molecule has 0 spiro atoms. The van der Waals surface area contributed by atoms with Crippen molar-refractivity contribution in [2.75, 3.05) is 14.2 Å². The van der Waals surface area contributed by atoms with Gasteiger partial charge in [0.05, 0.1) is 20.3 Å². The average Bonchev–Trinajstić information content (AvgIpc) is 3.01. The molecule has 0 N–H and O–H groups in total. The fourth-order valence-corrected chi connectivity index (χ4v) is 3.61. The van der Waals surface area contributed by atoms with Gasteiger partial charge in [-0.3, -0.25) is 4.79 Å². The van der Waals surface area contributed by atoms with Gasteiger partial charge >= 0.3 is 0 Å². The van der Waals surface area contributed by atoms with Gasteiger partial charge in [-0.05, 0) is 47.0 Å². The molecule has 1 aliphatic rings. The molecule has 136 valence electrons. The number of fused-ring (bicyclic) bond motifs is 1. The highest BCUT2D eigenvalue weighted by Gasteiger charge is 2.37. The van der Waals surface area contributed by atoms with E-state index in [1.165, 1.54) is 0 Å². The van der Waals surface area contributed by atoms with Crippen molar-refractivity contribution >= 4 is 5.91 Å². The number of carbonyl (C=O) groups is 1. The highest BCUT2D eigenvalue weighted by atomic mass is 16.5. The van der Waals surface area contributed by atoms with Gasteiger partial charge in [-0.15, -0.1) is 0 Å². The van der Waals surface area contributed by atoms with Gasteiger partial charge in [0.15, 0.2) is 0 Å². The summed E-state index contributed by atoms with van der Waals surface area (Å²) in [5.74, 6) is 1.67. The first-order chi connectivity index (χ1) is 13.2. The Bertz CT molecular complexity index is 948. The van der Waals surface area contributed by atoms with Gasteiger partial charge in [0.25, 0.3) is 5.91 Å². The molecule has 1 unspecified atom stereocenters. The minimum Gasteiger partial charge on any atom is -0.497 e. The van der Waals surface area contributed by atoms with E-state index in [0.717, 1.165) is 33.8 Å². The Morgan fingerprint density at radius 3 is 2.04 bits per heavy atom. The van der Waals surface area contributed by atoms with Gasteiger partial charge in [0, 0.05) is 12.1 Å². The van der Waals surface area contributed by atoms with Crippen molar-refractivity contribution in [1.82, 2.24) is 4.90 Å². The molecule has 1 atom stereocenters. The van der Waals surface area contributed by atoms with Crippen molar-refractivity contribution in [3.05, 3.63) is 95.1 Å². The number of benzene rings is 3. The maximum Gasteiger partial charge on any atom is 0.255 e. The lowest BCUT2D eigenvalue weighted by Gasteiger charge is -2.26. The molecule has 27 heavy (non-hydrogen) atoms. The molecule has 0 aromatic heterocycles. The average molecular weight is 359 g/mol. The molecule has 4 rings (SSSR count). The molecule has 1 amide bonds. The van der Waals surface area contributed by atoms with Crippen molar-refractivity contribution in [2.24, 2.45) is 0 Å². The predicted octanol–water partition coefficient (Wildman–Crippen LogP) is 4.45. The van der Waals surface area contributed by atoms with Crippen LogP contribution < -0.4 is 9.47 Å². The molecule has 0 saturated carbocycles. The van der Waals surface area contributed by atoms with Crippen molar-refractivity contribution in [3.8, 4) is 11.5 Å². The Balaban J connectivity index is 1.72. The third-order valence-corrected chi connectivity index (χ3v) is 5.00. The fourth-order valence-electron chi connectivity index (χ4n) is 3.61. The van der Waals surface area contributed by atoms with E-state index in [2.05, 4.69) is 0 Å². The Labute approximate surface area is 159 Å². The third kappa shape index (κ3) is 3.14. The van der Waals surface area contributed by atoms with E-state index < -0.39 is 0 Å². The third-order valence-electron chi connectivity index (χ3n) is 5.00. The number of hydrogen-bond donors (Lipinski definition) is 0. The van der Waals surface area contributed by atoms with Crippen LogP contribution in [0.5, 0.6) is 11.5 Å². The van der Waals surface area contributed by atoms with Crippen molar-refractivity contribution in [1.29, 1.82) is 0 Å². The molecule has 4 nitrogen and oxygen atoms in total. The summed E-state index contributed by atoms with van der Waals surface area (Å²) in [5.41, 5.74) is 3.95. The summed E-state index contributed by atoms with van der Waals surface area (Å²) in [7, 11) is 3.30. The summed E-state index contributed by atoms with van der Waals surface area (Å²) in [5, 5.41) is 0. The molecule has 0 bridgehead atoms. The highest BCUT2D eigenvalue weighted by molar-refractivity contribution is 5.99. The largest absolute Gasteiger partial charge is 0.497 e. The normalized spacial score (nSPS) is 15.6. The number of ether oxygens (including phenoxy) is 2. The predicted molar refractivity (Wildman–Crippen MR) is 104 cm³/mol. The molecule has 0 fully saturated rings. The minimum atomic E-state index is -0.110. The summed E-state index contributed by atoms with van der Waals surface area (Å²) in [6.45, 7) is 0.536. The lowest BCUT2D eigenvalue weighted by molar-refractivity contribution is 0.0736. The summed E-state index contributed by atoms with van der Waals surface area (Å²) in [6, 6.07) is 23.5. The van der Waals surface area contributed by atoms with Crippen LogP contribution in [0.4, 0.5) is 0 Å². The lowest BCUT2D eigenvalue weighted by atomic mass is 9.97. The Hall–Kier alpha value is -3.27. The monoisotopic (exact) mass is 359 g/mol.